The molecule has 0 spiro atoms. The number of ether oxygens (including phenoxy) is 1. The molecule has 2 unspecified atom stereocenters. The van der Waals surface area contributed by atoms with E-state index in [0.717, 1.165) is 25.9 Å². The first-order valence-electron chi connectivity index (χ1n) is 8.55. The molecule has 2 atom stereocenters. The van der Waals surface area contributed by atoms with Crippen LogP contribution < -0.4 is 10.6 Å². The Morgan fingerprint density at radius 3 is 2.55 bits per heavy atom. The van der Waals surface area contributed by atoms with Gasteiger partial charge in [-0.25, -0.2) is 0 Å². The van der Waals surface area contributed by atoms with Crippen LogP contribution in [0, 0.1) is 11.8 Å². The number of amides is 1. The Bertz CT molecular complexity index is 361. The predicted octanol–water partition coefficient (Wildman–Crippen LogP) is 2.25. The van der Waals surface area contributed by atoms with Crippen molar-refractivity contribution >= 4 is 11.9 Å². The van der Waals surface area contributed by atoms with E-state index in [1.54, 1.807) is 0 Å². The fourth-order valence-electron chi connectivity index (χ4n) is 3.24. The summed E-state index contributed by atoms with van der Waals surface area (Å²) >= 11 is 0. The normalized spacial score (nSPS) is 20.3. The standard InChI is InChI=1S/C17H32N2O3/c1-5-17(6-2,11-16(21)22-4)19-15(20)10-13(3)14-8-7-9-18-12-14/h13-14,18H,5-12H2,1-4H3,(H,19,20). The van der Waals surface area contributed by atoms with Gasteiger partial charge in [-0.15, -0.1) is 0 Å². The van der Waals surface area contributed by atoms with Crippen LogP contribution in [0.1, 0.15) is 59.3 Å². The third-order valence-electron chi connectivity index (χ3n) is 5.12. The van der Waals surface area contributed by atoms with E-state index in [-0.39, 0.29) is 18.3 Å². The van der Waals surface area contributed by atoms with Gasteiger partial charge in [0.05, 0.1) is 13.5 Å². The third kappa shape index (κ3) is 5.59. The van der Waals surface area contributed by atoms with Crippen molar-refractivity contribution in [3.63, 3.8) is 0 Å². The van der Waals surface area contributed by atoms with Gasteiger partial charge in [-0.2, -0.15) is 0 Å². The molecule has 1 aliphatic rings. The number of hydrogen-bond donors (Lipinski definition) is 2. The van der Waals surface area contributed by atoms with Crippen molar-refractivity contribution in [2.75, 3.05) is 20.2 Å². The monoisotopic (exact) mass is 312 g/mol. The van der Waals surface area contributed by atoms with E-state index < -0.39 is 5.54 Å². The maximum absolute atomic E-state index is 12.4. The highest BCUT2D eigenvalue weighted by molar-refractivity contribution is 5.79. The molecule has 1 saturated heterocycles. The van der Waals surface area contributed by atoms with Crippen molar-refractivity contribution in [3.05, 3.63) is 0 Å². The lowest BCUT2D eigenvalue weighted by molar-refractivity contribution is -0.143. The van der Waals surface area contributed by atoms with Crippen LogP contribution >= 0.6 is 0 Å². The lowest BCUT2D eigenvalue weighted by atomic mass is 9.84. The van der Waals surface area contributed by atoms with Crippen molar-refractivity contribution in [2.45, 2.75) is 64.8 Å². The zero-order valence-corrected chi connectivity index (χ0v) is 14.5. The number of hydrogen-bond acceptors (Lipinski definition) is 4. The number of piperidine rings is 1. The van der Waals surface area contributed by atoms with Crippen LogP contribution in [0.25, 0.3) is 0 Å². The number of carbonyl (C=O) groups excluding carboxylic acids is 2. The molecule has 2 N–H and O–H groups in total. The molecule has 0 bridgehead atoms. The second-order valence-electron chi connectivity index (χ2n) is 6.58. The third-order valence-corrected chi connectivity index (χ3v) is 5.12. The van der Waals surface area contributed by atoms with Gasteiger partial charge >= 0.3 is 5.97 Å². The van der Waals surface area contributed by atoms with Crippen LogP contribution in [0.5, 0.6) is 0 Å². The van der Waals surface area contributed by atoms with Crippen LogP contribution in [-0.4, -0.2) is 37.6 Å². The minimum Gasteiger partial charge on any atom is -0.469 e. The first-order valence-corrected chi connectivity index (χ1v) is 8.55. The molecule has 1 heterocycles. The summed E-state index contributed by atoms with van der Waals surface area (Å²) in [4.78, 5) is 24.0. The topological polar surface area (TPSA) is 67.4 Å². The number of nitrogens with one attached hydrogen (secondary N) is 2. The Morgan fingerprint density at radius 2 is 2.05 bits per heavy atom. The number of rotatable bonds is 8. The summed E-state index contributed by atoms with van der Waals surface area (Å²) in [5.41, 5.74) is -0.477. The van der Waals surface area contributed by atoms with Crippen LogP contribution in [0.2, 0.25) is 0 Å². The fraction of sp³-hybridized carbons (Fsp3) is 0.882. The van der Waals surface area contributed by atoms with Crippen molar-refractivity contribution in [1.29, 1.82) is 0 Å². The first-order chi connectivity index (χ1) is 10.5. The Morgan fingerprint density at radius 1 is 1.36 bits per heavy atom. The second kappa shape index (κ2) is 9.13. The molecule has 5 heteroatoms. The van der Waals surface area contributed by atoms with Gasteiger partial charge in [-0.3, -0.25) is 9.59 Å². The summed E-state index contributed by atoms with van der Waals surface area (Å²) in [6.07, 6.45) is 4.59. The van der Waals surface area contributed by atoms with E-state index >= 15 is 0 Å². The molecule has 0 aromatic rings. The number of esters is 1. The van der Waals surface area contributed by atoms with E-state index in [9.17, 15) is 9.59 Å². The lowest BCUT2D eigenvalue weighted by Gasteiger charge is -2.33. The van der Waals surface area contributed by atoms with E-state index in [1.807, 2.05) is 13.8 Å². The SMILES string of the molecule is CCC(CC)(CC(=O)OC)NC(=O)CC(C)C1CCCNC1. The quantitative estimate of drug-likeness (QED) is 0.675. The molecule has 22 heavy (non-hydrogen) atoms. The highest BCUT2D eigenvalue weighted by Crippen LogP contribution is 2.25. The van der Waals surface area contributed by atoms with Crippen LogP contribution in [0.3, 0.4) is 0 Å². The van der Waals surface area contributed by atoms with E-state index in [2.05, 4.69) is 17.6 Å². The van der Waals surface area contributed by atoms with Gasteiger partial charge < -0.3 is 15.4 Å². The average molecular weight is 312 g/mol. The molecule has 5 nitrogen and oxygen atoms in total. The zero-order valence-electron chi connectivity index (χ0n) is 14.5. The summed E-state index contributed by atoms with van der Waals surface area (Å²) in [5, 5.41) is 6.51. The van der Waals surface area contributed by atoms with E-state index in [0.29, 0.717) is 18.3 Å². The van der Waals surface area contributed by atoms with Crippen molar-refractivity contribution < 1.29 is 14.3 Å². The minimum atomic E-state index is -0.477. The highest BCUT2D eigenvalue weighted by atomic mass is 16.5. The summed E-state index contributed by atoms with van der Waals surface area (Å²) in [6, 6.07) is 0. The molecule has 0 aliphatic carbocycles. The molecule has 1 rings (SSSR count). The Balaban J connectivity index is 2.56. The van der Waals surface area contributed by atoms with Crippen molar-refractivity contribution in [2.24, 2.45) is 11.8 Å². The smallest absolute Gasteiger partial charge is 0.307 e. The summed E-state index contributed by atoms with van der Waals surface area (Å²) in [7, 11) is 1.39. The summed E-state index contributed by atoms with van der Waals surface area (Å²) in [6.45, 7) is 8.24. The summed E-state index contributed by atoms with van der Waals surface area (Å²) in [5.74, 6) is 0.703. The maximum atomic E-state index is 12.4. The molecule has 1 amide bonds. The Labute approximate surface area is 134 Å². The van der Waals surface area contributed by atoms with E-state index in [4.69, 9.17) is 4.74 Å². The van der Waals surface area contributed by atoms with Gasteiger partial charge in [-0.05, 0) is 50.6 Å². The number of methoxy groups -OCH3 is 1. The largest absolute Gasteiger partial charge is 0.469 e. The van der Waals surface area contributed by atoms with E-state index in [1.165, 1.54) is 20.0 Å². The van der Waals surface area contributed by atoms with Gasteiger partial charge in [-0.1, -0.05) is 20.8 Å². The first kappa shape index (κ1) is 18.9. The molecule has 0 aromatic heterocycles. The van der Waals surface area contributed by atoms with Crippen LogP contribution in [-0.2, 0) is 14.3 Å². The average Bonchev–Trinajstić information content (AvgIpc) is 2.54. The minimum absolute atomic E-state index is 0.0469. The molecular formula is C17H32N2O3. The second-order valence-corrected chi connectivity index (χ2v) is 6.58. The molecular weight excluding hydrogens is 280 g/mol. The molecule has 0 saturated carbocycles. The molecule has 1 aliphatic heterocycles. The maximum Gasteiger partial charge on any atom is 0.307 e. The van der Waals surface area contributed by atoms with Gasteiger partial charge in [0, 0.05) is 12.0 Å². The lowest BCUT2D eigenvalue weighted by Crippen LogP contribution is -2.50. The Kier molecular flexibility index (Phi) is 7.87. The van der Waals surface area contributed by atoms with Gasteiger partial charge in [0.2, 0.25) is 5.91 Å². The van der Waals surface area contributed by atoms with Crippen LogP contribution in [0.4, 0.5) is 0 Å². The van der Waals surface area contributed by atoms with Gasteiger partial charge in [0.25, 0.3) is 0 Å². The van der Waals surface area contributed by atoms with Crippen molar-refractivity contribution in [1.82, 2.24) is 10.6 Å². The highest BCUT2D eigenvalue weighted by Gasteiger charge is 2.32. The summed E-state index contributed by atoms with van der Waals surface area (Å²) < 4.78 is 4.77. The van der Waals surface area contributed by atoms with Crippen molar-refractivity contribution in [3.8, 4) is 0 Å². The molecule has 128 valence electrons. The molecule has 0 radical (unpaired) electrons. The van der Waals surface area contributed by atoms with Crippen LogP contribution in [0.15, 0.2) is 0 Å². The number of carbonyl (C=O) groups is 2. The molecule has 1 fully saturated rings. The Hall–Kier alpha value is -1.10. The fourth-order valence-corrected chi connectivity index (χ4v) is 3.24. The predicted molar refractivity (Wildman–Crippen MR) is 87.5 cm³/mol. The van der Waals surface area contributed by atoms with Gasteiger partial charge in [0.15, 0.2) is 0 Å². The van der Waals surface area contributed by atoms with Gasteiger partial charge in [0.1, 0.15) is 0 Å². The molecule has 0 aromatic carbocycles. The zero-order chi connectivity index (χ0) is 16.6.